The summed E-state index contributed by atoms with van der Waals surface area (Å²) in [6.07, 6.45) is 10.9. The van der Waals surface area contributed by atoms with Crippen molar-refractivity contribution in [1.29, 1.82) is 0 Å². The molecule has 2 heterocycles. The van der Waals surface area contributed by atoms with Gasteiger partial charge in [0, 0.05) is 24.2 Å². The third-order valence-corrected chi connectivity index (χ3v) is 4.73. The Morgan fingerprint density at radius 2 is 2.21 bits per heavy atom. The summed E-state index contributed by atoms with van der Waals surface area (Å²) in [6, 6.07) is 2.71. The Labute approximate surface area is 117 Å². The smallest absolute Gasteiger partial charge is 0.0643 e. The van der Waals surface area contributed by atoms with E-state index in [0.717, 1.165) is 12.8 Å². The van der Waals surface area contributed by atoms with Gasteiger partial charge in [-0.15, -0.1) is 0 Å². The fourth-order valence-electron chi connectivity index (χ4n) is 3.04. The largest absolute Gasteiger partial charge is 0.311 e. The van der Waals surface area contributed by atoms with Crippen molar-refractivity contribution in [3.63, 3.8) is 0 Å². The summed E-state index contributed by atoms with van der Waals surface area (Å²) in [5, 5.41) is 8.57. The summed E-state index contributed by atoms with van der Waals surface area (Å²) in [7, 11) is 0. The average molecular weight is 263 g/mol. The second kappa shape index (κ2) is 6.56. The molecule has 108 valence electrons. The topological polar surface area (TPSA) is 29.9 Å². The Hall–Kier alpha value is -0.830. The third-order valence-electron chi connectivity index (χ3n) is 4.73. The highest BCUT2D eigenvalue weighted by molar-refractivity contribution is 5.07. The van der Waals surface area contributed by atoms with Crippen molar-refractivity contribution in [3.05, 3.63) is 18.0 Å². The normalized spacial score (nSPS) is 26.1. The van der Waals surface area contributed by atoms with Gasteiger partial charge in [-0.25, -0.2) is 0 Å². The van der Waals surface area contributed by atoms with Crippen LogP contribution in [0.15, 0.2) is 12.3 Å². The second-order valence-electron chi connectivity index (χ2n) is 6.09. The Balaban J connectivity index is 2.06. The van der Waals surface area contributed by atoms with Gasteiger partial charge in [-0.1, -0.05) is 26.7 Å². The van der Waals surface area contributed by atoms with E-state index in [9.17, 15) is 0 Å². The van der Waals surface area contributed by atoms with E-state index in [1.807, 2.05) is 0 Å². The van der Waals surface area contributed by atoms with Crippen LogP contribution in [0.1, 0.15) is 71.0 Å². The molecule has 3 nitrogen and oxygen atoms in total. The molecule has 1 aliphatic rings. The van der Waals surface area contributed by atoms with Crippen molar-refractivity contribution < 1.29 is 0 Å². The quantitative estimate of drug-likeness (QED) is 0.877. The molecule has 19 heavy (non-hydrogen) atoms. The molecule has 1 N–H and O–H groups in total. The molecule has 1 saturated heterocycles. The number of rotatable bonds is 5. The molecule has 0 saturated carbocycles. The van der Waals surface area contributed by atoms with Crippen LogP contribution in [0.5, 0.6) is 0 Å². The Morgan fingerprint density at radius 3 is 2.95 bits per heavy atom. The van der Waals surface area contributed by atoms with Crippen LogP contribution in [-0.2, 0) is 6.42 Å². The van der Waals surface area contributed by atoms with Gasteiger partial charge in [0.15, 0.2) is 0 Å². The van der Waals surface area contributed by atoms with Crippen molar-refractivity contribution in [2.24, 2.45) is 0 Å². The van der Waals surface area contributed by atoms with Crippen molar-refractivity contribution in [2.75, 3.05) is 6.54 Å². The first kappa shape index (κ1) is 14.6. The third kappa shape index (κ3) is 3.59. The molecule has 2 rings (SSSR count). The van der Waals surface area contributed by atoms with Gasteiger partial charge in [-0.2, -0.15) is 5.10 Å². The number of hydrogen-bond donors (Lipinski definition) is 1. The lowest BCUT2D eigenvalue weighted by molar-refractivity contribution is 0.298. The fourth-order valence-corrected chi connectivity index (χ4v) is 3.04. The van der Waals surface area contributed by atoms with Gasteiger partial charge < -0.3 is 5.32 Å². The van der Waals surface area contributed by atoms with Crippen LogP contribution >= 0.6 is 0 Å². The molecule has 2 atom stereocenters. The molecule has 1 aliphatic heterocycles. The molecular weight excluding hydrogens is 234 g/mol. The molecule has 0 bridgehead atoms. The van der Waals surface area contributed by atoms with Crippen LogP contribution in [-0.4, -0.2) is 21.9 Å². The van der Waals surface area contributed by atoms with E-state index in [4.69, 9.17) is 5.10 Å². The summed E-state index contributed by atoms with van der Waals surface area (Å²) in [6.45, 7) is 7.92. The first-order valence-corrected chi connectivity index (χ1v) is 7.98. The van der Waals surface area contributed by atoms with Crippen LogP contribution in [0.25, 0.3) is 0 Å². The monoisotopic (exact) mass is 263 g/mol. The van der Waals surface area contributed by atoms with Gasteiger partial charge in [0.2, 0.25) is 0 Å². The van der Waals surface area contributed by atoms with Crippen molar-refractivity contribution in [3.8, 4) is 0 Å². The van der Waals surface area contributed by atoms with Crippen molar-refractivity contribution >= 4 is 0 Å². The van der Waals surface area contributed by atoms with E-state index in [-0.39, 0.29) is 5.54 Å². The number of nitrogens with one attached hydrogen (secondary N) is 1. The van der Waals surface area contributed by atoms with E-state index in [1.165, 1.54) is 44.3 Å². The van der Waals surface area contributed by atoms with E-state index in [0.29, 0.717) is 6.04 Å². The van der Waals surface area contributed by atoms with E-state index >= 15 is 0 Å². The van der Waals surface area contributed by atoms with Gasteiger partial charge in [0.25, 0.3) is 0 Å². The molecule has 0 aromatic carbocycles. The lowest BCUT2D eigenvalue weighted by Crippen LogP contribution is -2.46. The molecule has 2 unspecified atom stereocenters. The molecule has 1 fully saturated rings. The predicted molar refractivity (Wildman–Crippen MR) is 80.4 cm³/mol. The summed E-state index contributed by atoms with van der Waals surface area (Å²) in [5.41, 5.74) is 1.53. The molecule has 1 aromatic heterocycles. The molecule has 0 spiro atoms. The lowest BCUT2D eigenvalue weighted by atomic mass is 9.86. The van der Waals surface area contributed by atoms with Crippen molar-refractivity contribution in [2.45, 2.75) is 77.3 Å². The minimum absolute atomic E-state index is 0.283. The summed E-state index contributed by atoms with van der Waals surface area (Å²) in [5.74, 6) is 0. The average Bonchev–Trinajstić information content (AvgIpc) is 2.76. The number of aromatic nitrogens is 2. The Bertz CT molecular complexity index is 375. The van der Waals surface area contributed by atoms with Gasteiger partial charge in [0.05, 0.1) is 5.69 Å². The molecule has 3 heteroatoms. The van der Waals surface area contributed by atoms with Gasteiger partial charge in [-0.05, 0) is 45.2 Å². The maximum absolute atomic E-state index is 4.78. The summed E-state index contributed by atoms with van der Waals surface area (Å²) >= 11 is 0. The Morgan fingerprint density at radius 1 is 1.37 bits per heavy atom. The van der Waals surface area contributed by atoms with Crippen LogP contribution in [0.2, 0.25) is 0 Å². The van der Waals surface area contributed by atoms with E-state index in [2.05, 4.69) is 43.0 Å². The predicted octanol–water partition coefficient (Wildman–Crippen LogP) is 3.71. The Kier molecular flexibility index (Phi) is 5.03. The maximum Gasteiger partial charge on any atom is 0.0643 e. The minimum Gasteiger partial charge on any atom is -0.311 e. The molecule has 0 amide bonds. The number of nitrogens with zero attached hydrogens (tertiary/aromatic N) is 2. The highest BCUT2D eigenvalue weighted by atomic mass is 15.3. The van der Waals surface area contributed by atoms with Crippen molar-refractivity contribution in [1.82, 2.24) is 15.1 Å². The molecular formula is C16H29N3. The lowest BCUT2D eigenvalue weighted by Gasteiger charge is -2.32. The zero-order valence-corrected chi connectivity index (χ0v) is 12.8. The molecule has 1 aromatic rings. The standard InChI is InChI=1S/C16H29N3/c1-4-14(3)19-12-9-15(18-19)13-16(5-2)10-7-6-8-11-17-16/h9,12,14,17H,4-8,10-11,13H2,1-3H3. The maximum atomic E-state index is 4.78. The zero-order valence-electron chi connectivity index (χ0n) is 12.8. The summed E-state index contributed by atoms with van der Waals surface area (Å²) in [4.78, 5) is 0. The summed E-state index contributed by atoms with van der Waals surface area (Å²) < 4.78 is 2.12. The highest BCUT2D eigenvalue weighted by Gasteiger charge is 2.29. The van der Waals surface area contributed by atoms with E-state index < -0.39 is 0 Å². The highest BCUT2D eigenvalue weighted by Crippen LogP contribution is 2.26. The zero-order chi connectivity index (χ0) is 13.7. The minimum atomic E-state index is 0.283. The van der Waals surface area contributed by atoms with Crippen LogP contribution in [0.4, 0.5) is 0 Å². The SMILES string of the molecule is CCC(C)n1ccc(CC2(CC)CCCCCN2)n1. The van der Waals surface area contributed by atoms with Crippen LogP contribution < -0.4 is 5.32 Å². The van der Waals surface area contributed by atoms with Gasteiger partial charge in [-0.3, -0.25) is 4.68 Å². The molecule has 0 aliphatic carbocycles. The number of hydrogen-bond acceptors (Lipinski definition) is 2. The van der Waals surface area contributed by atoms with Crippen LogP contribution in [0.3, 0.4) is 0 Å². The fraction of sp³-hybridized carbons (Fsp3) is 0.812. The molecule has 0 radical (unpaired) electrons. The first-order chi connectivity index (χ1) is 9.19. The van der Waals surface area contributed by atoms with Gasteiger partial charge in [0.1, 0.15) is 0 Å². The van der Waals surface area contributed by atoms with Crippen LogP contribution in [0, 0.1) is 0 Å². The van der Waals surface area contributed by atoms with Gasteiger partial charge >= 0.3 is 0 Å². The second-order valence-corrected chi connectivity index (χ2v) is 6.09. The van der Waals surface area contributed by atoms with E-state index in [1.54, 1.807) is 0 Å². The first-order valence-electron chi connectivity index (χ1n) is 7.98.